The van der Waals surface area contributed by atoms with E-state index < -0.39 is 10.0 Å². The summed E-state index contributed by atoms with van der Waals surface area (Å²) in [5.74, 6) is 0.654. The third kappa shape index (κ3) is 5.99. The molecule has 1 atom stereocenters. The zero-order chi connectivity index (χ0) is 20.7. The first-order chi connectivity index (χ1) is 13.2. The number of amides is 1. The molecule has 0 radical (unpaired) electrons. The van der Waals surface area contributed by atoms with Gasteiger partial charge < -0.3 is 10.1 Å². The Balaban J connectivity index is 1.92. The smallest absolute Gasteiger partial charge is 0.232 e. The lowest BCUT2D eigenvalue weighted by molar-refractivity contribution is -0.121. The molecule has 0 unspecified atom stereocenters. The lowest BCUT2D eigenvalue weighted by Gasteiger charge is -2.24. The standard InChI is InChI=1S/C21H28N2O4S/c1-16-8-5-6-9-20(16)23(28(4,25)26)15-7-10-21(24)22-17(2)18-11-13-19(27-3)14-12-18/h5-6,8-9,11-14,17H,7,10,15H2,1-4H3,(H,22,24)/t17-/m0/s1. The minimum atomic E-state index is -3.42. The molecule has 0 saturated heterocycles. The van der Waals surface area contributed by atoms with Crippen LogP contribution in [0, 0.1) is 6.92 Å². The molecule has 2 aromatic rings. The number of anilines is 1. The van der Waals surface area contributed by atoms with E-state index in [9.17, 15) is 13.2 Å². The van der Waals surface area contributed by atoms with Gasteiger partial charge in [0.25, 0.3) is 0 Å². The number of methoxy groups -OCH3 is 1. The Morgan fingerprint density at radius 2 is 1.79 bits per heavy atom. The third-order valence-corrected chi connectivity index (χ3v) is 5.72. The number of rotatable bonds is 9. The van der Waals surface area contributed by atoms with Crippen molar-refractivity contribution in [2.75, 3.05) is 24.2 Å². The van der Waals surface area contributed by atoms with Gasteiger partial charge >= 0.3 is 0 Å². The number of hydrogen-bond acceptors (Lipinski definition) is 4. The number of hydrogen-bond donors (Lipinski definition) is 1. The van der Waals surface area contributed by atoms with Crippen LogP contribution in [-0.4, -0.2) is 34.2 Å². The van der Waals surface area contributed by atoms with Gasteiger partial charge in [0, 0.05) is 13.0 Å². The van der Waals surface area contributed by atoms with Gasteiger partial charge in [0.05, 0.1) is 25.1 Å². The van der Waals surface area contributed by atoms with Crippen molar-refractivity contribution in [1.29, 1.82) is 0 Å². The molecule has 1 amide bonds. The van der Waals surface area contributed by atoms with Gasteiger partial charge in [-0.05, 0) is 49.6 Å². The highest BCUT2D eigenvalue weighted by Crippen LogP contribution is 2.22. The molecular weight excluding hydrogens is 376 g/mol. The summed E-state index contributed by atoms with van der Waals surface area (Å²) in [6.45, 7) is 4.04. The first-order valence-corrected chi connectivity index (χ1v) is 11.0. The van der Waals surface area contributed by atoms with Crippen LogP contribution in [0.4, 0.5) is 5.69 Å². The van der Waals surface area contributed by atoms with Crippen molar-refractivity contribution in [2.24, 2.45) is 0 Å². The number of benzene rings is 2. The Morgan fingerprint density at radius 3 is 2.36 bits per heavy atom. The Labute approximate surface area is 167 Å². The lowest BCUT2D eigenvalue weighted by atomic mass is 10.1. The molecule has 0 aliphatic heterocycles. The number of carbonyl (C=O) groups excluding carboxylic acids is 1. The predicted octanol–water partition coefficient (Wildman–Crippen LogP) is 3.43. The topological polar surface area (TPSA) is 75.7 Å². The van der Waals surface area contributed by atoms with Crippen LogP contribution in [0.5, 0.6) is 5.75 Å². The molecule has 0 aliphatic rings. The Hall–Kier alpha value is -2.54. The minimum absolute atomic E-state index is 0.110. The lowest BCUT2D eigenvalue weighted by Crippen LogP contribution is -2.33. The summed E-state index contributed by atoms with van der Waals surface area (Å²) >= 11 is 0. The number of sulfonamides is 1. The van der Waals surface area contributed by atoms with Crippen LogP contribution in [-0.2, 0) is 14.8 Å². The van der Waals surface area contributed by atoms with Gasteiger partial charge in [-0.2, -0.15) is 0 Å². The number of ether oxygens (including phenoxy) is 1. The van der Waals surface area contributed by atoms with Crippen LogP contribution < -0.4 is 14.4 Å². The monoisotopic (exact) mass is 404 g/mol. The maximum atomic E-state index is 12.3. The molecule has 1 N–H and O–H groups in total. The molecule has 6 nitrogen and oxygen atoms in total. The zero-order valence-electron chi connectivity index (χ0n) is 16.8. The predicted molar refractivity (Wildman–Crippen MR) is 112 cm³/mol. The summed E-state index contributed by atoms with van der Waals surface area (Å²) in [5, 5.41) is 2.95. The van der Waals surface area contributed by atoms with Gasteiger partial charge in [-0.3, -0.25) is 9.10 Å². The fourth-order valence-corrected chi connectivity index (χ4v) is 4.00. The van der Waals surface area contributed by atoms with Crippen molar-refractivity contribution < 1.29 is 17.9 Å². The van der Waals surface area contributed by atoms with Gasteiger partial charge in [0.15, 0.2) is 0 Å². The van der Waals surface area contributed by atoms with Crippen molar-refractivity contribution >= 4 is 21.6 Å². The third-order valence-electron chi connectivity index (χ3n) is 4.54. The second-order valence-corrected chi connectivity index (χ2v) is 8.69. The molecule has 0 aliphatic carbocycles. The molecule has 2 aromatic carbocycles. The minimum Gasteiger partial charge on any atom is -0.497 e. The van der Waals surface area contributed by atoms with E-state index in [1.165, 1.54) is 10.6 Å². The van der Waals surface area contributed by atoms with Gasteiger partial charge in [-0.1, -0.05) is 30.3 Å². The van der Waals surface area contributed by atoms with Crippen molar-refractivity contribution in [3.05, 3.63) is 59.7 Å². The summed E-state index contributed by atoms with van der Waals surface area (Å²) < 4.78 is 30.9. The summed E-state index contributed by atoms with van der Waals surface area (Å²) in [6, 6.07) is 14.7. The average Bonchev–Trinajstić information content (AvgIpc) is 2.65. The summed E-state index contributed by atoms with van der Waals surface area (Å²) in [6.07, 6.45) is 1.87. The normalized spacial score (nSPS) is 12.3. The van der Waals surface area contributed by atoms with E-state index in [-0.39, 0.29) is 24.9 Å². The number of para-hydroxylation sites is 1. The maximum absolute atomic E-state index is 12.3. The SMILES string of the molecule is COc1ccc([C@H](C)NC(=O)CCCN(c2ccccc2C)S(C)(=O)=O)cc1. The Morgan fingerprint density at radius 1 is 1.14 bits per heavy atom. The Bertz CT molecular complexity index is 895. The van der Waals surface area contributed by atoms with E-state index >= 15 is 0 Å². The maximum Gasteiger partial charge on any atom is 0.232 e. The van der Waals surface area contributed by atoms with Crippen LogP contribution in [0.15, 0.2) is 48.5 Å². The van der Waals surface area contributed by atoms with Gasteiger partial charge in [0.2, 0.25) is 15.9 Å². The highest BCUT2D eigenvalue weighted by atomic mass is 32.2. The molecule has 152 valence electrons. The molecule has 0 aromatic heterocycles. The number of carbonyl (C=O) groups is 1. The molecular formula is C21H28N2O4S. The molecule has 7 heteroatoms. The van der Waals surface area contributed by atoms with E-state index in [1.54, 1.807) is 13.2 Å². The van der Waals surface area contributed by atoms with Crippen LogP contribution in [0.1, 0.15) is 36.9 Å². The van der Waals surface area contributed by atoms with Gasteiger partial charge in [0.1, 0.15) is 5.75 Å². The highest BCUT2D eigenvalue weighted by molar-refractivity contribution is 7.92. The second-order valence-electron chi connectivity index (χ2n) is 6.79. The quantitative estimate of drug-likeness (QED) is 0.695. The van der Waals surface area contributed by atoms with Crippen molar-refractivity contribution in [3.63, 3.8) is 0 Å². The van der Waals surface area contributed by atoms with E-state index in [0.29, 0.717) is 12.1 Å². The Kier molecular flexibility index (Phi) is 7.45. The number of aryl methyl sites for hydroxylation is 1. The van der Waals surface area contributed by atoms with E-state index in [2.05, 4.69) is 5.32 Å². The van der Waals surface area contributed by atoms with Crippen molar-refractivity contribution in [1.82, 2.24) is 5.32 Å². The van der Waals surface area contributed by atoms with Gasteiger partial charge in [-0.25, -0.2) is 8.42 Å². The van der Waals surface area contributed by atoms with Crippen molar-refractivity contribution in [2.45, 2.75) is 32.7 Å². The number of nitrogens with one attached hydrogen (secondary N) is 1. The van der Waals surface area contributed by atoms with Crippen molar-refractivity contribution in [3.8, 4) is 5.75 Å². The first-order valence-electron chi connectivity index (χ1n) is 9.19. The van der Waals surface area contributed by atoms with E-state index in [4.69, 9.17) is 4.74 Å². The van der Waals surface area contributed by atoms with E-state index in [1.807, 2.05) is 56.3 Å². The molecule has 0 heterocycles. The summed E-state index contributed by atoms with van der Waals surface area (Å²) in [7, 11) is -1.81. The summed E-state index contributed by atoms with van der Waals surface area (Å²) in [4.78, 5) is 12.3. The fraction of sp³-hybridized carbons (Fsp3) is 0.381. The molecule has 2 rings (SSSR count). The molecule has 28 heavy (non-hydrogen) atoms. The largest absolute Gasteiger partial charge is 0.497 e. The number of nitrogens with zero attached hydrogens (tertiary/aromatic N) is 1. The molecule has 0 spiro atoms. The zero-order valence-corrected chi connectivity index (χ0v) is 17.6. The highest BCUT2D eigenvalue weighted by Gasteiger charge is 2.19. The molecule has 0 bridgehead atoms. The van der Waals surface area contributed by atoms with Gasteiger partial charge in [-0.15, -0.1) is 0 Å². The molecule has 0 saturated carbocycles. The van der Waals surface area contributed by atoms with E-state index in [0.717, 1.165) is 16.9 Å². The second kappa shape index (κ2) is 9.59. The first kappa shape index (κ1) is 21.8. The van der Waals surface area contributed by atoms with Crippen LogP contribution in [0.3, 0.4) is 0 Å². The average molecular weight is 405 g/mol. The molecule has 0 fully saturated rings. The summed E-state index contributed by atoms with van der Waals surface area (Å²) in [5.41, 5.74) is 2.51. The van der Waals surface area contributed by atoms with Crippen LogP contribution >= 0.6 is 0 Å². The van der Waals surface area contributed by atoms with Crippen LogP contribution in [0.2, 0.25) is 0 Å². The van der Waals surface area contributed by atoms with Crippen LogP contribution in [0.25, 0.3) is 0 Å². The fourth-order valence-electron chi connectivity index (χ4n) is 2.98.